The number of likely N-dealkylation sites (tertiary alicyclic amines) is 1. The van der Waals surface area contributed by atoms with E-state index in [1.54, 1.807) is 0 Å². The molecule has 2 atom stereocenters. The van der Waals surface area contributed by atoms with E-state index < -0.39 is 0 Å². The van der Waals surface area contributed by atoms with Crippen molar-refractivity contribution in [1.82, 2.24) is 14.7 Å². The molecule has 0 spiro atoms. The zero-order chi connectivity index (χ0) is 17.3. The number of nitrogens with zero attached hydrogens (tertiary/aromatic N) is 3. The third-order valence-corrected chi connectivity index (χ3v) is 5.31. The second kappa shape index (κ2) is 6.77. The van der Waals surface area contributed by atoms with Crippen LogP contribution in [0.2, 0.25) is 0 Å². The van der Waals surface area contributed by atoms with Crippen LogP contribution >= 0.6 is 0 Å². The van der Waals surface area contributed by atoms with E-state index in [2.05, 4.69) is 29.4 Å². The monoisotopic (exact) mass is 326 g/mol. The third kappa shape index (κ3) is 3.08. The van der Waals surface area contributed by atoms with Gasteiger partial charge in [0.1, 0.15) is 0 Å². The van der Waals surface area contributed by atoms with Crippen LogP contribution in [0.5, 0.6) is 0 Å². The Morgan fingerprint density at radius 2 is 1.96 bits per heavy atom. The molecule has 128 valence electrons. The molecule has 2 heterocycles. The molecule has 0 saturated carbocycles. The van der Waals surface area contributed by atoms with Gasteiger partial charge in [-0.15, -0.1) is 0 Å². The molecule has 1 amide bonds. The standard InChI is InChI=1S/C19H26N4O/c1-13-17(14(2)22(3)21-13)9-19(24)23-11-16(10-20)18(12-23)15-7-5-4-6-8-15/h4-8,16,18H,9-12,20H2,1-3H3/t16-,18+/m1/s1. The van der Waals surface area contributed by atoms with E-state index in [0.29, 0.717) is 24.8 Å². The summed E-state index contributed by atoms with van der Waals surface area (Å²) in [5.74, 6) is 0.828. The second-order valence-electron chi connectivity index (χ2n) is 6.76. The van der Waals surface area contributed by atoms with Crippen molar-refractivity contribution in [1.29, 1.82) is 0 Å². The molecular weight excluding hydrogens is 300 g/mol. The molecule has 5 heteroatoms. The van der Waals surface area contributed by atoms with Crippen molar-refractivity contribution in [3.05, 3.63) is 52.8 Å². The molecular formula is C19H26N4O. The first-order valence-corrected chi connectivity index (χ1v) is 8.53. The van der Waals surface area contributed by atoms with Gasteiger partial charge in [0.05, 0.1) is 12.1 Å². The zero-order valence-electron chi connectivity index (χ0n) is 14.7. The van der Waals surface area contributed by atoms with E-state index in [4.69, 9.17) is 5.73 Å². The number of aromatic nitrogens is 2. The first-order chi connectivity index (χ1) is 11.5. The highest BCUT2D eigenvalue weighted by Crippen LogP contribution is 2.32. The molecule has 1 fully saturated rings. The molecule has 2 N–H and O–H groups in total. The summed E-state index contributed by atoms with van der Waals surface area (Å²) < 4.78 is 1.84. The predicted octanol–water partition coefficient (Wildman–Crippen LogP) is 1.78. The maximum atomic E-state index is 12.8. The van der Waals surface area contributed by atoms with Crippen LogP contribution in [0, 0.1) is 19.8 Å². The maximum Gasteiger partial charge on any atom is 0.227 e. The van der Waals surface area contributed by atoms with Crippen molar-refractivity contribution in [2.45, 2.75) is 26.2 Å². The minimum absolute atomic E-state index is 0.172. The van der Waals surface area contributed by atoms with E-state index in [1.807, 2.05) is 36.5 Å². The number of carbonyl (C=O) groups is 1. The molecule has 3 rings (SSSR count). The Kier molecular flexibility index (Phi) is 4.71. The largest absolute Gasteiger partial charge is 0.341 e. The lowest BCUT2D eigenvalue weighted by Crippen LogP contribution is -2.31. The molecule has 5 nitrogen and oxygen atoms in total. The molecule has 0 aliphatic carbocycles. The summed E-state index contributed by atoms with van der Waals surface area (Å²) in [6, 6.07) is 10.4. The van der Waals surface area contributed by atoms with Crippen LogP contribution in [0.25, 0.3) is 0 Å². The van der Waals surface area contributed by atoms with Crippen LogP contribution in [0.1, 0.15) is 28.4 Å². The zero-order valence-corrected chi connectivity index (χ0v) is 14.7. The summed E-state index contributed by atoms with van der Waals surface area (Å²) in [4.78, 5) is 14.8. The Morgan fingerprint density at radius 1 is 1.25 bits per heavy atom. The SMILES string of the molecule is Cc1nn(C)c(C)c1CC(=O)N1C[C@@H](CN)[C@H](c2ccccc2)C1. The number of aryl methyl sites for hydroxylation is 2. The highest BCUT2D eigenvalue weighted by Gasteiger charge is 2.35. The Bertz CT molecular complexity index is 722. The lowest BCUT2D eigenvalue weighted by atomic mass is 9.89. The summed E-state index contributed by atoms with van der Waals surface area (Å²) >= 11 is 0. The van der Waals surface area contributed by atoms with Gasteiger partial charge in [0, 0.05) is 37.3 Å². The molecule has 1 saturated heterocycles. The van der Waals surface area contributed by atoms with Gasteiger partial charge in [0.15, 0.2) is 0 Å². The van der Waals surface area contributed by atoms with Gasteiger partial charge in [-0.25, -0.2) is 0 Å². The average Bonchev–Trinajstić information content (AvgIpc) is 3.12. The van der Waals surface area contributed by atoms with Crippen molar-refractivity contribution in [3.8, 4) is 0 Å². The quantitative estimate of drug-likeness (QED) is 0.931. The fraction of sp³-hybridized carbons (Fsp3) is 0.474. The van der Waals surface area contributed by atoms with Gasteiger partial charge in [-0.2, -0.15) is 5.10 Å². The van der Waals surface area contributed by atoms with E-state index in [9.17, 15) is 4.79 Å². The lowest BCUT2D eigenvalue weighted by Gasteiger charge is -2.17. The van der Waals surface area contributed by atoms with Crippen molar-refractivity contribution in [2.24, 2.45) is 18.7 Å². The van der Waals surface area contributed by atoms with Gasteiger partial charge in [-0.1, -0.05) is 30.3 Å². The van der Waals surface area contributed by atoms with Crippen LogP contribution in [-0.4, -0.2) is 40.2 Å². The Balaban J connectivity index is 1.74. The molecule has 0 radical (unpaired) electrons. The normalized spacial score (nSPS) is 20.6. The van der Waals surface area contributed by atoms with Crippen molar-refractivity contribution < 1.29 is 4.79 Å². The minimum Gasteiger partial charge on any atom is -0.341 e. The summed E-state index contributed by atoms with van der Waals surface area (Å²) in [6.45, 7) is 6.09. The molecule has 1 aromatic heterocycles. The van der Waals surface area contributed by atoms with Crippen molar-refractivity contribution in [2.75, 3.05) is 19.6 Å². The molecule has 0 bridgehead atoms. The minimum atomic E-state index is 0.172. The van der Waals surface area contributed by atoms with Crippen LogP contribution in [0.15, 0.2) is 30.3 Å². The number of benzene rings is 1. The molecule has 24 heavy (non-hydrogen) atoms. The van der Waals surface area contributed by atoms with Gasteiger partial charge in [0.2, 0.25) is 5.91 Å². The van der Waals surface area contributed by atoms with E-state index >= 15 is 0 Å². The molecule has 1 aliphatic heterocycles. The highest BCUT2D eigenvalue weighted by molar-refractivity contribution is 5.79. The Hall–Kier alpha value is -2.14. The summed E-state index contributed by atoms with van der Waals surface area (Å²) in [6.07, 6.45) is 0.421. The van der Waals surface area contributed by atoms with E-state index in [0.717, 1.165) is 30.0 Å². The van der Waals surface area contributed by atoms with Gasteiger partial charge in [0.25, 0.3) is 0 Å². The molecule has 0 unspecified atom stereocenters. The number of amides is 1. The van der Waals surface area contributed by atoms with Crippen LogP contribution < -0.4 is 5.73 Å². The first-order valence-electron chi connectivity index (χ1n) is 8.53. The summed E-state index contributed by atoms with van der Waals surface area (Å²) in [5.41, 5.74) is 10.3. The lowest BCUT2D eigenvalue weighted by molar-refractivity contribution is -0.129. The third-order valence-electron chi connectivity index (χ3n) is 5.31. The topological polar surface area (TPSA) is 64.2 Å². The van der Waals surface area contributed by atoms with E-state index in [1.165, 1.54) is 5.56 Å². The van der Waals surface area contributed by atoms with Gasteiger partial charge < -0.3 is 10.6 Å². The number of carbonyl (C=O) groups excluding carboxylic acids is 1. The van der Waals surface area contributed by atoms with Crippen LogP contribution in [0.3, 0.4) is 0 Å². The van der Waals surface area contributed by atoms with Gasteiger partial charge in [-0.3, -0.25) is 9.48 Å². The van der Waals surface area contributed by atoms with Crippen LogP contribution in [-0.2, 0) is 18.3 Å². The highest BCUT2D eigenvalue weighted by atomic mass is 16.2. The molecule has 2 aromatic rings. The smallest absolute Gasteiger partial charge is 0.227 e. The van der Waals surface area contributed by atoms with Crippen molar-refractivity contribution >= 4 is 5.91 Å². The summed E-state index contributed by atoms with van der Waals surface area (Å²) in [7, 11) is 1.92. The second-order valence-corrected chi connectivity index (χ2v) is 6.76. The molecule has 1 aliphatic rings. The van der Waals surface area contributed by atoms with Crippen molar-refractivity contribution in [3.63, 3.8) is 0 Å². The number of hydrogen-bond acceptors (Lipinski definition) is 3. The van der Waals surface area contributed by atoms with Crippen LogP contribution in [0.4, 0.5) is 0 Å². The number of hydrogen-bond donors (Lipinski definition) is 1. The molecule has 1 aromatic carbocycles. The fourth-order valence-electron chi connectivity index (χ4n) is 3.73. The summed E-state index contributed by atoms with van der Waals surface area (Å²) in [5, 5.41) is 4.41. The first kappa shape index (κ1) is 16.7. The Morgan fingerprint density at radius 3 is 2.54 bits per heavy atom. The van der Waals surface area contributed by atoms with Gasteiger partial charge in [-0.05, 0) is 31.9 Å². The van der Waals surface area contributed by atoms with E-state index in [-0.39, 0.29) is 5.91 Å². The fourth-order valence-corrected chi connectivity index (χ4v) is 3.73. The predicted molar refractivity (Wildman–Crippen MR) is 94.7 cm³/mol. The number of rotatable bonds is 4. The average molecular weight is 326 g/mol. The number of nitrogens with two attached hydrogens (primary N) is 1. The maximum absolute atomic E-state index is 12.8. The van der Waals surface area contributed by atoms with Gasteiger partial charge >= 0.3 is 0 Å². The Labute approximate surface area is 143 Å².